The van der Waals surface area contributed by atoms with Crippen LogP contribution >= 0.6 is 0 Å². The number of imide groups is 2. The Morgan fingerprint density at radius 2 is 1.45 bits per heavy atom. The molecule has 0 aromatic heterocycles. The number of rotatable bonds is 14. The van der Waals surface area contributed by atoms with E-state index in [1.165, 1.54) is 0 Å². The molecule has 3 atom stereocenters. The number of unbranched alkanes of at least 4 members (excludes halogenated alkanes) is 1. The van der Waals surface area contributed by atoms with Crippen molar-refractivity contribution in [1.29, 1.82) is 0 Å². The van der Waals surface area contributed by atoms with Gasteiger partial charge in [0.15, 0.2) is 6.04 Å². The van der Waals surface area contributed by atoms with Gasteiger partial charge in [-0.3, -0.25) is 14.4 Å². The van der Waals surface area contributed by atoms with Crippen molar-refractivity contribution in [3.63, 3.8) is 0 Å². The lowest BCUT2D eigenvalue weighted by atomic mass is 10.0. The third kappa shape index (κ3) is 7.73. The maximum Gasteiger partial charge on any atom is 0.407 e. The van der Waals surface area contributed by atoms with Crippen LogP contribution in [0.5, 0.6) is 0 Å². The number of hydrogen-bond donors (Lipinski definition) is 5. The van der Waals surface area contributed by atoms with Crippen LogP contribution in [0.3, 0.4) is 0 Å². The van der Waals surface area contributed by atoms with Crippen LogP contribution in [0.1, 0.15) is 37.7 Å². The number of carboxylic acids is 3. The predicted octanol–water partition coefficient (Wildman–Crippen LogP) is -0.0276. The number of nitrogens with one attached hydrogen (secondary N) is 1. The van der Waals surface area contributed by atoms with Crippen LogP contribution in [0.15, 0.2) is 30.3 Å². The monoisotopic (exact) mass is 536 g/mol. The van der Waals surface area contributed by atoms with Gasteiger partial charge in [-0.15, -0.1) is 0 Å². The van der Waals surface area contributed by atoms with E-state index in [9.17, 15) is 43.8 Å². The number of alkyl carbamates (subject to hydrolysis) is 1. The van der Waals surface area contributed by atoms with Crippen LogP contribution in [0.4, 0.5) is 9.59 Å². The molecule has 0 bridgehead atoms. The molecule has 1 aromatic carbocycles. The highest BCUT2D eigenvalue weighted by atomic mass is 16.5. The lowest BCUT2D eigenvalue weighted by Crippen LogP contribution is -2.70. The molecule has 5 amide bonds. The quantitative estimate of drug-likeness (QED) is 0.156. The normalized spacial score (nSPS) is 17.1. The number of amides is 5. The van der Waals surface area contributed by atoms with Gasteiger partial charge in [-0.1, -0.05) is 30.3 Å². The minimum Gasteiger partial charge on any atom is -0.481 e. The largest absolute Gasteiger partial charge is 0.481 e. The van der Waals surface area contributed by atoms with Crippen LogP contribution in [0.2, 0.25) is 0 Å². The molecule has 0 spiro atoms. The third-order valence-corrected chi connectivity index (χ3v) is 5.63. The first kappa shape index (κ1) is 29.7. The lowest BCUT2D eigenvalue weighted by molar-refractivity contribution is -0.159. The van der Waals surface area contributed by atoms with Gasteiger partial charge in [0.25, 0.3) is 11.8 Å². The zero-order chi connectivity index (χ0) is 28.4. The summed E-state index contributed by atoms with van der Waals surface area (Å²) in [4.78, 5) is 84.8. The standard InChI is InChI=1S/C23H28N4O11/c24-17-18(30)26(23(37)27(19(17)31)15(21(34)35)9-10-16(28)29)14(20(32)33)8-4-5-11-25-22(36)38-12-13-6-2-1-3-7-13/h1-3,6-7,14-15,17H,4-5,8-12,24H2,(H,25,36)(H,28,29)(H,32,33)(H,34,35). The molecule has 1 fully saturated rings. The summed E-state index contributed by atoms with van der Waals surface area (Å²) in [5.74, 6) is -7.44. The molecule has 2 rings (SSSR count). The molecule has 0 saturated carbocycles. The van der Waals surface area contributed by atoms with E-state index < -0.39 is 72.8 Å². The van der Waals surface area contributed by atoms with Gasteiger partial charge in [0.2, 0.25) is 0 Å². The van der Waals surface area contributed by atoms with Crippen LogP contribution in [-0.2, 0) is 35.3 Å². The maximum absolute atomic E-state index is 13.0. The van der Waals surface area contributed by atoms with Gasteiger partial charge in [-0.2, -0.15) is 0 Å². The number of barbiturate groups is 1. The molecule has 38 heavy (non-hydrogen) atoms. The molecule has 6 N–H and O–H groups in total. The van der Waals surface area contributed by atoms with Crippen molar-refractivity contribution in [3.05, 3.63) is 35.9 Å². The Labute approximate surface area is 216 Å². The van der Waals surface area contributed by atoms with E-state index in [1.54, 1.807) is 24.3 Å². The fourth-order valence-electron chi connectivity index (χ4n) is 3.70. The second-order valence-corrected chi connectivity index (χ2v) is 8.30. The van der Waals surface area contributed by atoms with Crippen molar-refractivity contribution in [2.75, 3.05) is 6.54 Å². The summed E-state index contributed by atoms with van der Waals surface area (Å²) < 4.78 is 5.05. The van der Waals surface area contributed by atoms with E-state index in [0.29, 0.717) is 0 Å². The number of hydrogen-bond acceptors (Lipinski definition) is 9. The molecular weight excluding hydrogens is 508 g/mol. The molecular formula is C23H28N4O11. The second-order valence-electron chi connectivity index (χ2n) is 8.30. The SMILES string of the molecule is NC1C(=O)N(C(CCCCNC(=O)OCc2ccccc2)C(=O)O)C(=O)N(C(CCC(=O)O)C(=O)O)C1=O. The number of benzene rings is 1. The van der Waals surface area contributed by atoms with Gasteiger partial charge in [-0.25, -0.2) is 29.0 Å². The van der Waals surface area contributed by atoms with E-state index in [0.717, 1.165) is 5.56 Å². The van der Waals surface area contributed by atoms with Crippen molar-refractivity contribution in [3.8, 4) is 0 Å². The summed E-state index contributed by atoms with van der Waals surface area (Å²) in [6, 6.07) is 1.58. The summed E-state index contributed by atoms with van der Waals surface area (Å²) in [5, 5.41) is 30.5. The van der Waals surface area contributed by atoms with E-state index in [2.05, 4.69) is 5.32 Å². The molecule has 0 radical (unpaired) electrons. The van der Waals surface area contributed by atoms with Crippen LogP contribution in [-0.4, -0.2) is 91.6 Å². The Hall–Kier alpha value is -4.53. The summed E-state index contributed by atoms with van der Waals surface area (Å²) in [6.07, 6.45) is -2.08. The molecule has 1 saturated heterocycles. The van der Waals surface area contributed by atoms with Gasteiger partial charge < -0.3 is 31.1 Å². The van der Waals surface area contributed by atoms with E-state index >= 15 is 0 Å². The maximum atomic E-state index is 13.0. The fraction of sp³-hybridized carbons (Fsp3) is 0.435. The average molecular weight is 536 g/mol. The molecule has 1 aromatic rings. The highest BCUT2D eigenvalue weighted by Crippen LogP contribution is 2.23. The van der Waals surface area contributed by atoms with E-state index in [-0.39, 0.29) is 42.2 Å². The molecule has 15 heteroatoms. The zero-order valence-electron chi connectivity index (χ0n) is 20.1. The van der Waals surface area contributed by atoms with Crippen molar-refractivity contribution in [2.45, 2.75) is 56.8 Å². The first-order valence-electron chi connectivity index (χ1n) is 11.5. The Morgan fingerprint density at radius 1 is 0.895 bits per heavy atom. The molecule has 0 aliphatic carbocycles. The van der Waals surface area contributed by atoms with Crippen molar-refractivity contribution >= 4 is 41.8 Å². The Balaban J connectivity index is 2.01. The minimum absolute atomic E-state index is 0.0478. The number of carbonyl (C=O) groups excluding carboxylic acids is 4. The minimum atomic E-state index is -2.05. The van der Waals surface area contributed by atoms with Gasteiger partial charge in [-0.05, 0) is 31.2 Å². The summed E-state index contributed by atoms with van der Waals surface area (Å²) >= 11 is 0. The fourth-order valence-corrected chi connectivity index (χ4v) is 3.70. The smallest absolute Gasteiger partial charge is 0.407 e. The number of ether oxygens (including phenoxy) is 1. The zero-order valence-corrected chi connectivity index (χ0v) is 20.1. The van der Waals surface area contributed by atoms with Gasteiger partial charge in [0, 0.05) is 13.0 Å². The van der Waals surface area contributed by atoms with Crippen LogP contribution in [0, 0.1) is 0 Å². The molecule has 1 aliphatic rings. The van der Waals surface area contributed by atoms with Crippen molar-refractivity contribution in [1.82, 2.24) is 15.1 Å². The first-order chi connectivity index (χ1) is 18.0. The number of carboxylic acid groups (broad SMARTS) is 3. The highest BCUT2D eigenvalue weighted by Gasteiger charge is 2.52. The van der Waals surface area contributed by atoms with Crippen molar-refractivity contribution in [2.24, 2.45) is 5.73 Å². The molecule has 1 heterocycles. The summed E-state index contributed by atoms with van der Waals surface area (Å²) in [6.45, 7) is 0.133. The number of urea groups is 1. The number of aliphatic carboxylic acids is 3. The summed E-state index contributed by atoms with van der Waals surface area (Å²) in [5.41, 5.74) is 6.36. The van der Waals surface area contributed by atoms with Crippen LogP contribution < -0.4 is 11.1 Å². The molecule has 206 valence electrons. The number of carbonyl (C=O) groups is 7. The van der Waals surface area contributed by atoms with E-state index in [1.807, 2.05) is 6.07 Å². The van der Waals surface area contributed by atoms with Crippen LogP contribution in [0.25, 0.3) is 0 Å². The van der Waals surface area contributed by atoms with Gasteiger partial charge in [0.05, 0.1) is 0 Å². The topological polar surface area (TPSA) is 234 Å². The molecule has 15 nitrogen and oxygen atoms in total. The highest BCUT2D eigenvalue weighted by molar-refractivity contribution is 6.20. The predicted molar refractivity (Wildman–Crippen MR) is 125 cm³/mol. The number of nitrogens with two attached hydrogens (primary N) is 1. The van der Waals surface area contributed by atoms with Gasteiger partial charge in [0.1, 0.15) is 18.7 Å². The third-order valence-electron chi connectivity index (χ3n) is 5.63. The number of nitrogens with zero attached hydrogens (tertiary/aromatic N) is 2. The van der Waals surface area contributed by atoms with E-state index in [4.69, 9.17) is 15.6 Å². The Bertz CT molecular complexity index is 1080. The van der Waals surface area contributed by atoms with Gasteiger partial charge >= 0.3 is 30.0 Å². The second kappa shape index (κ2) is 13.7. The summed E-state index contributed by atoms with van der Waals surface area (Å²) in [7, 11) is 0. The first-order valence-corrected chi connectivity index (χ1v) is 11.5. The Kier molecular flexibility index (Phi) is 10.7. The van der Waals surface area contributed by atoms with Crippen molar-refractivity contribution < 1.29 is 53.6 Å². The average Bonchev–Trinajstić information content (AvgIpc) is 2.86. The lowest BCUT2D eigenvalue weighted by Gasteiger charge is -2.40. The molecule has 1 aliphatic heterocycles. The molecule has 3 unspecified atom stereocenters. The Morgan fingerprint density at radius 3 is 1.97 bits per heavy atom.